The maximum absolute atomic E-state index is 13.4. The lowest BCUT2D eigenvalue weighted by Gasteiger charge is -2.34. The van der Waals surface area contributed by atoms with Crippen LogP contribution in [0.1, 0.15) is 44.1 Å². The van der Waals surface area contributed by atoms with Gasteiger partial charge in [0.1, 0.15) is 24.7 Å². The summed E-state index contributed by atoms with van der Waals surface area (Å²) < 4.78 is 12.3. The van der Waals surface area contributed by atoms with Crippen LogP contribution in [0.4, 0.5) is 5.82 Å². The number of pyridine rings is 2. The van der Waals surface area contributed by atoms with Gasteiger partial charge in [0.2, 0.25) is 11.8 Å². The number of amides is 2. The number of aromatic nitrogens is 3. The fraction of sp³-hybridized carbons (Fsp3) is 0.464. The van der Waals surface area contributed by atoms with Crippen LogP contribution in [-0.2, 0) is 20.9 Å². The van der Waals surface area contributed by atoms with Gasteiger partial charge < -0.3 is 34.7 Å². The van der Waals surface area contributed by atoms with Crippen molar-refractivity contribution >= 4 is 46.1 Å². The van der Waals surface area contributed by atoms with E-state index in [-0.39, 0.29) is 24.4 Å². The predicted molar refractivity (Wildman–Crippen MR) is 155 cm³/mol. The number of hydrogen-bond donors (Lipinski definition) is 3. The molecule has 3 N–H and O–H groups in total. The van der Waals surface area contributed by atoms with E-state index in [0.29, 0.717) is 47.2 Å². The van der Waals surface area contributed by atoms with E-state index in [1.54, 1.807) is 42.1 Å². The zero-order valence-electron chi connectivity index (χ0n) is 23.7. The van der Waals surface area contributed by atoms with Gasteiger partial charge in [-0.2, -0.15) is 0 Å². The van der Waals surface area contributed by atoms with Crippen LogP contribution in [0.15, 0.2) is 36.7 Å². The van der Waals surface area contributed by atoms with E-state index in [2.05, 4.69) is 39.3 Å². The average Bonchev–Trinajstić information content (AvgIpc) is 3.27. The highest BCUT2D eigenvalue weighted by molar-refractivity contribution is 6.30. The molecule has 0 atom stereocenters. The number of carboxylic acids is 1. The molecule has 0 aromatic carbocycles. The second-order valence-corrected chi connectivity index (χ2v) is 10.3. The molecule has 0 aliphatic carbocycles. The number of ether oxygens (including phenoxy) is 2. The standard InChI is InChI=1S/C26H33ClN6O4.C2H4O2/c1-17(2)32-8-6-20(7-9-32)30-26(35)21-12-18-13-25(37-11-10-36-3)29-15-22(18)33(21)16-24(34)31-23-5-4-19(27)14-28-23;1-2(3)4/h4-5,12-15,17,20H,6-11,16H2,1-3H3,(H,30,35)(H,28,31,34);1H3,(H,3,4). The molecule has 0 radical (unpaired) electrons. The highest BCUT2D eigenvalue weighted by Gasteiger charge is 2.25. The number of carboxylic acid groups (broad SMARTS) is 1. The molecule has 2 amide bonds. The Balaban J connectivity index is 0.00000108. The Bertz CT molecular complexity index is 1320. The van der Waals surface area contributed by atoms with Crippen LogP contribution in [0.3, 0.4) is 0 Å². The van der Waals surface area contributed by atoms with Gasteiger partial charge in [-0.05, 0) is 44.9 Å². The molecular weight excluding hydrogens is 552 g/mol. The molecule has 41 heavy (non-hydrogen) atoms. The summed E-state index contributed by atoms with van der Waals surface area (Å²) in [5, 5.41) is 14.6. The minimum Gasteiger partial charge on any atom is -0.481 e. The van der Waals surface area contributed by atoms with Crippen molar-refractivity contribution in [3.63, 3.8) is 0 Å². The van der Waals surface area contributed by atoms with E-state index >= 15 is 0 Å². The quantitative estimate of drug-likeness (QED) is 0.303. The molecule has 1 fully saturated rings. The monoisotopic (exact) mass is 588 g/mol. The minimum absolute atomic E-state index is 0.0760. The van der Waals surface area contributed by atoms with Gasteiger partial charge in [0.15, 0.2) is 0 Å². The molecule has 3 aromatic heterocycles. The number of fused-ring (bicyclic) bond motifs is 1. The van der Waals surface area contributed by atoms with Gasteiger partial charge in [-0.3, -0.25) is 14.4 Å². The van der Waals surface area contributed by atoms with Gasteiger partial charge in [-0.15, -0.1) is 0 Å². The third-order valence-electron chi connectivity index (χ3n) is 6.42. The predicted octanol–water partition coefficient (Wildman–Crippen LogP) is 3.44. The molecule has 0 saturated carbocycles. The number of piperidine rings is 1. The normalized spacial score (nSPS) is 13.9. The molecule has 4 heterocycles. The number of nitrogens with one attached hydrogen (secondary N) is 2. The minimum atomic E-state index is -0.833. The molecule has 0 bridgehead atoms. The molecule has 1 aliphatic heterocycles. The largest absolute Gasteiger partial charge is 0.481 e. The summed E-state index contributed by atoms with van der Waals surface area (Å²) >= 11 is 5.89. The van der Waals surface area contributed by atoms with Gasteiger partial charge in [0.05, 0.1) is 23.3 Å². The Labute approximate surface area is 244 Å². The van der Waals surface area contributed by atoms with Crippen LogP contribution >= 0.6 is 11.6 Å². The molecular formula is C28H37ClN6O6. The number of anilines is 1. The third-order valence-corrected chi connectivity index (χ3v) is 6.65. The smallest absolute Gasteiger partial charge is 0.300 e. The lowest BCUT2D eigenvalue weighted by atomic mass is 10.0. The van der Waals surface area contributed by atoms with Gasteiger partial charge in [-0.1, -0.05) is 11.6 Å². The first-order valence-corrected chi connectivity index (χ1v) is 13.7. The molecule has 0 unspecified atom stereocenters. The van der Waals surface area contributed by atoms with Crippen LogP contribution in [0.2, 0.25) is 5.02 Å². The molecule has 12 nitrogen and oxygen atoms in total. The number of likely N-dealkylation sites (tertiary alicyclic amines) is 1. The van der Waals surface area contributed by atoms with Crippen LogP contribution < -0.4 is 15.4 Å². The Morgan fingerprint density at radius 2 is 1.83 bits per heavy atom. The molecule has 4 rings (SSSR count). The summed E-state index contributed by atoms with van der Waals surface area (Å²) in [6, 6.07) is 7.36. The lowest BCUT2D eigenvalue weighted by Crippen LogP contribution is -2.47. The van der Waals surface area contributed by atoms with E-state index in [0.717, 1.165) is 38.2 Å². The van der Waals surface area contributed by atoms with Crippen LogP contribution in [0.5, 0.6) is 5.88 Å². The van der Waals surface area contributed by atoms with Crippen molar-refractivity contribution < 1.29 is 29.0 Å². The van der Waals surface area contributed by atoms with Crippen LogP contribution in [0, 0.1) is 0 Å². The molecule has 13 heteroatoms. The van der Waals surface area contributed by atoms with Crippen molar-refractivity contribution in [3.8, 4) is 5.88 Å². The SMILES string of the molecule is CC(=O)O.COCCOc1cc2cc(C(=O)NC3CCN(C(C)C)CC3)n(CC(=O)Nc3ccc(Cl)cn3)c2cn1. The molecule has 222 valence electrons. The number of aliphatic carboxylic acids is 1. The Kier molecular flexibility index (Phi) is 11.9. The number of halogens is 1. The van der Waals surface area contributed by atoms with Gasteiger partial charge in [0, 0.05) is 56.9 Å². The van der Waals surface area contributed by atoms with Crippen molar-refractivity contribution in [2.75, 3.05) is 38.7 Å². The van der Waals surface area contributed by atoms with Crippen molar-refractivity contribution in [2.24, 2.45) is 0 Å². The van der Waals surface area contributed by atoms with Crippen molar-refractivity contribution in [3.05, 3.63) is 47.4 Å². The summed E-state index contributed by atoms with van der Waals surface area (Å²) in [6.45, 7) is 8.03. The molecule has 1 aliphatic rings. The first-order chi connectivity index (χ1) is 19.6. The molecule has 1 saturated heterocycles. The first-order valence-electron chi connectivity index (χ1n) is 13.3. The van der Waals surface area contributed by atoms with Gasteiger partial charge in [-0.25, -0.2) is 9.97 Å². The van der Waals surface area contributed by atoms with Crippen molar-refractivity contribution in [1.82, 2.24) is 24.8 Å². The number of hydrogen-bond acceptors (Lipinski definition) is 8. The first kappa shape index (κ1) is 31.8. The van der Waals surface area contributed by atoms with E-state index in [9.17, 15) is 9.59 Å². The number of rotatable bonds is 10. The fourth-order valence-corrected chi connectivity index (χ4v) is 4.51. The number of nitrogens with zero attached hydrogens (tertiary/aromatic N) is 4. The summed E-state index contributed by atoms with van der Waals surface area (Å²) in [5.41, 5.74) is 1.04. The summed E-state index contributed by atoms with van der Waals surface area (Å²) in [4.78, 5) is 46.2. The number of carbonyl (C=O) groups is 3. The molecule has 0 spiro atoms. The summed E-state index contributed by atoms with van der Waals surface area (Å²) in [6.07, 6.45) is 4.84. The second-order valence-electron chi connectivity index (χ2n) is 9.84. The van der Waals surface area contributed by atoms with Crippen LogP contribution in [-0.4, -0.2) is 87.8 Å². The zero-order valence-corrected chi connectivity index (χ0v) is 24.5. The van der Waals surface area contributed by atoms with Crippen molar-refractivity contribution in [2.45, 2.75) is 52.2 Å². The number of carbonyl (C=O) groups excluding carboxylic acids is 2. The summed E-state index contributed by atoms with van der Waals surface area (Å²) in [5.74, 6) is -0.587. The maximum atomic E-state index is 13.4. The summed E-state index contributed by atoms with van der Waals surface area (Å²) in [7, 11) is 1.60. The maximum Gasteiger partial charge on any atom is 0.300 e. The van der Waals surface area contributed by atoms with E-state index in [4.69, 9.17) is 31.0 Å². The fourth-order valence-electron chi connectivity index (χ4n) is 4.40. The highest BCUT2D eigenvalue weighted by Crippen LogP contribution is 2.24. The average molecular weight is 589 g/mol. The lowest BCUT2D eigenvalue weighted by molar-refractivity contribution is -0.134. The van der Waals surface area contributed by atoms with Crippen molar-refractivity contribution in [1.29, 1.82) is 0 Å². The van der Waals surface area contributed by atoms with E-state index in [1.165, 1.54) is 6.20 Å². The second kappa shape index (κ2) is 15.3. The Morgan fingerprint density at radius 3 is 2.44 bits per heavy atom. The van der Waals surface area contributed by atoms with Gasteiger partial charge in [0.25, 0.3) is 11.9 Å². The number of methoxy groups -OCH3 is 1. The van der Waals surface area contributed by atoms with E-state index in [1.807, 2.05) is 0 Å². The highest BCUT2D eigenvalue weighted by atomic mass is 35.5. The molecule has 3 aromatic rings. The van der Waals surface area contributed by atoms with E-state index < -0.39 is 5.97 Å². The topological polar surface area (TPSA) is 148 Å². The third kappa shape index (κ3) is 9.69. The van der Waals surface area contributed by atoms with Gasteiger partial charge >= 0.3 is 0 Å². The van der Waals surface area contributed by atoms with Crippen LogP contribution in [0.25, 0.3) is 10.9 Å². The zero-order chi connectivity index (χ0) is 29.9. The Hall–Kier alpha value is -3.74. The Morgan fingerprint density at radius 1 is 1.12 bits per heavy atom.